The van der Waals surface area contributed by atoms with Crippen molar-refractivity contribution in [2.45, 2.75) is 97.8 Å². The van der Waals surface area contributed by atoms with E-state index in [1.165, 1.54) is 20.3 Å². The van der Waals surface area contributed by atoms with E-state index in [1.807, 2.05) is 13.8 Å². The third-order valence-electron chi connectivity index (χ3n) is 8.33. The Morgan fingerprint density at radius 3 is 2.29 bits per heavy atom. The van der Waals surface area contributed by atoms with Crippen LogP contribution < -0.4 is 20.1 Å². The smallest absolute Gasteiger partial charge is 0.311 e. The summed E-state index contributed by atoms with van der Waals surface area (Å²) in [6.45, 7) is 10.0. The summed E-state index contributed by atoms with van der Waals surface area (Å²) < 4.78 is 31.1. The Kier molecular flexibility index (Phi) is 9.31. The fraction of sp³-hybridized carbons (Fsp3) is 0.690. The molecule has 1 aromatic carbocycles. The first-order valence-electron chi connectivity index (χ1n) is 13.5. The molecule has 8 nitrogen and oxygen atoms in total. The van der Waals surface area contributed by atoms with E-state index in [2.05, 4.69) is 31.4 Å². The third kappa shape index (κ3) is 6.77. The first kappa shape index (κ1) is 29.7. The molecule has 0 saturated heterocycles. The SMILES string of the molecule is COC(=O)C1(C)CCC(Oc2cc(C(=O)N[C@@H]3CCC[C@@H]3C(=O)N[C@@H](C)C(C)(C)C)c(OC)cc2F)CC1. The van der Waals surface area contributed by atoms with Crippen molar-refractivity contribution in [3.8, 4) is 11.5 Å². The van der Waals surface area contributed by atoms with Crippen molar-refractivity contribution in [2.75, 3.05) is 14.2 Å². The van der Waals surface area contributed by atoms with Crippen molar-refractivity contribution >= 4 is 17.8 Å². The fourth-order valence-corrected chi connectivity index (χ4v) is 5.18. The highest BCUT2D eigenvalue weighted by molar-refractivity contribution is 5.98. The molecule has 212 valence electrons. The zero-order chi connectivity index (χ0) is 28.3. The number of benzene rings is 1. The van der Waals surface area contributed by atoms with E-state index in [4.69, 9.17) is 14.2 Å². The molecule has 3 atom stereocenters. The lowest BCUT2D eigenvalue weighted by molar-refractivity contribution is -0.154. The van der Waals surface area contributed by atoms with E-state index >= 15 is 0 Å². The van der Waals surface area contributed by atoms with Gasteiger partial charge in [0.25, 0.3) is 5.91 Å². The van der Waals surface area contributed by atoms with Crippen molar-refractivity contribution in [2.24, 2.45) is 16.7 Å². The summed E-state index contributed by atoms with van der Waals surface area (Å²) in [6.07, 6.45) is 4.15. The van der Waals surface area contributed by atoms with Crippen LogP contribution >= 0.6 is 0 Å². The van der Waals surface area contributed by atoms with E-state index in [9.17, 15) is 18.8 Å². The molecule has 0 aliphatic heterocycles. The lowest BCUT2D eigenvalue weighted by atomic mass is 9.75. The number of hydrogen-bond acceptors (Lipinski definition) is 6. The molecule has 2 aliphatic rings. The van der Waals surface area contributed by atoms with Gasteiger partial charge in [0.2, 0.25) is 5.91 Å². The summed E-state index contributed by atoms with van der Waals surface area (Å²) >= 11 is 0. The Labute approximate surface area is 225 Å². The first-order chi connectivity index (χ1) is 17.8. The van der Waals surface area contributed by atoms with Crippen molar-refractivity contribution in [3.05, 3.63) is 23.5 Å². The predicted octanol–water partition coefficient (Wildman–Crippen LogP) is 4.78. The number of nitrogens with one attached hydrogen (secondary N) is 2. The van der Waals surface area contributed by atoms with E-state index in [0.717, 1.165) is 12.5 Å². The zero-order valence-corrected chi connectivity index (χ0v) is 23.7. The summed E-state index contributed by atoms with van der Waals surface area (Å²) in [6, 6.07) is 2.16. The maximum Gasteiger partial charge on any atom is 0.311 e. The molecule has 0 spiro atoms. The lowest BCUT2D eigenvalue weighted by Crippen LogP contribution is -2.49. The molecule has 2 amide bonds. The zero-order valence-electron chi connectivity index (χ0n) is 23.7. The van der Waals surface area contributed by atoms with Crippen LogP contribution in [0.1, 0.15) is 89.9 Å². The van der Waals surface area contributed by atoms with Gasteiger partial charge in [-0.15, -0.1) is 0 Å². The Bertz CT molecular complexity index is 1030. The fourth-order valence-electron chi connectivity index (χ4n) is 5.18. The van der Waals surface area contributed by atoms with Gasteiger partial charge in [0.05, 0.1) is 37.2 Å². The molecule has 0 heterocycles. The van der Waals surface area contributed by atoms with Crippen LogP contribution in [0.3, 0.4) is 0 Å². The molecular formula is C29H43FN2O6. The maximum absolute atomic E-state index is 14.9. The van der Waals surface area contributed by atoms with E-state index in [0.29, 0.717) is 38.5 Å². The van der Waals surface area contributed by atoms with E-state index < -0.39 is 17.1 Å². The second kappa shape index (κ2) is 11.9. The molecule has 2 aliphatic carbocycles. The second-order valence-corrected chi connectivity index (χ2v) is 12.1. The number of carbonyl (C=O) groups excluding carboxylic acids is 3. The van der Waals surface area contributed by atoms with Gasteiger partial charge in [0.1, 0.15) is 5.75 Å². The highest BCUT2D eigenvalue weighted by Crippen LogP contribution is 2.39. The van der Waals surface area contributed by atoms with Gasteiger partial charge in [-0.25, -0.2) is 4.39 Å². The number of esters is 1. The molecule has 0 aromatic heterocycles. The summed E-state index contributed by atoms with van der Waals surface area (Å²) in [5.74, 6) is -1.68. The molecule has 38 heavy (non-hydrogen) atoms. The number of hydrogen-bond donors (Lipinski definition) is 2. The maximum atomic E-state index is 14.9. The van der Waals surface area contributed by atoms with Crippen molar-refractivity contribution in [1.29, 1.82) is 0 Å². The van der Waals surface area contributed by atoms with Crippen molar-refractivity contribution in [3.63, 3.8) is 0 Å². The number of methoxy groups -OCH3 is 2. The van der Waals surface area contributed by atoms with E-state index in [1.54, 1.807) is 0 Å². The van der Waals surface area contributed by atoms with Crippen LogP contribution in [0, 0.1) is 22.6 Å². The molecule has 9 heteroatoms. The predicted molar refractivity (Wildman–Crippen MR) is 142 cm³/mol. The number of amides is 2. The standard InChI is InChI=1S/C29H43FN2O6/c1-17(28(2,3)4)31-25(33)19-9-8-10-22(19)32-26(34)20-15-24(21(30)16-23(20)36-6)38-18-11-13-29(5,14-12-18)27(35)37-7/h15-19,22H,8-14H2,1-7H3,(H,31,33)(H,32,34)/t17-,18?,19-,22+,29?/m0/s1. The quantitative estimate of drug-likeness (QED) is 0.465. The minimum absolute atomic E-state index is 0.0193. The van der Waals surface area contributed by atoms with Crippen LogP contribution in [0.15, 0.2) is 12.1 Å². The van der Waals surface area contributed by atoms with Crippen molar-refractivity contribution < 1.29 is 33.0 Å². The molecule has 2 N–H and O–H groups in total. The van der Waals surface area contributed by atoms with Gasteiger partial charge in [0.15, 0.2) is 11.6 Å². The van der Waals surface area contributed by atoms with Gasteiger partial charge in [-0.05, 0) is 63.9 Å². The minimum atomic E-state index is -0.631. The van der Waals surface area contributed by atoms with Gasteiger partial charge in [0, 0.05) is 18.2 Å². The van der Waals surface area contributed by atoms with Crippen molar-refractivity contribution in [1.82, 2.24) is 10.6 Å². The summed E-state index contributed by atoms with van der Waals surface area (Å²) in [4.78, 5) is 38.4. The van der Waals surface area contributed by atoms with Crippen LogP contribution in [0.5, 0.6) is 11.5 Å². The Balaban J connectivity index is 1.71. The molecule has 1 aromatic rings. The molecule has 3 rings (SSSR count). The number of carbonyl (C=O) groups is 3. The Morgan fingerprint density at radius 1 is 1.05 bits per heavy atom. The number of ether oxygens (including phenoxy) is 3. The number of rotatable bonds is 8. The minimum Gasteiger partial charge on any atom is -0.496 e. The van der Waals surface area contributed by atoms with Crippen LogP contribution in [-0.4, -0.2) is 50.2 Å². The molecule has 0 bridgehead atoms. The van der Waals surface area contributed by atoms with Crippen LogP contribution in [0.4, 0.5) is 4.39 Å². The summed E-state index contributed by atoms with van der Waals surface area (Å²) in [5.41, 5.74) is -0.512. The first-order valence-corrected chi connectivity index (χ1v) is 13.5. The van der Waals surface area contributed by atoms with Gasteiger partial charge in [-0.2, -0.15) is 0 Å². The van der Waals surface area contributed by atoms with Gasteiger partial charge in [-0.3, -0.25) is 14.4 Å². The monoisotopic (exact) mass is 534 g/mol. The Hall–Kier alpha value is -2.84. The average Bonchev–Trinajstić information content (AvgIpc) is 3.33. The van der Waals surface area contributed by atoms with Gasteiger partial charge in [-0.1, -0.05) is 27.2 Å². The Morgan fingerprint density at radius 2 is 1.71 bits per heavy atom. The van der Waals surface area contributed by atoms with Crippen LogP contribution in [0.25, 0.3) is 0 Å². The normalized spacial score (nSPS) is 26.3. The number of halogens is 1. The van der Waals surface area contributed by atoms with Crippen LogP contribution in [0.2, 0.25) is 0 Å². The highest BCUT2D eigenvalue weighted by atomic mass is 19.1. The topological polar surface area (TPSA) is 103 Å². The van der Waals surface area contributed by atoms with Gasteiger partial charge >= 0.3 is 5.97 Å². The molecule has 0 unspecified atom stereocenters. The molecule has 2 fully saturated rings. The molecule has 0 radical (unpaired) electrons. The summed E-state index contributed by atoms with van der Waals surface area (Å²) in [7, 11) is 2.75. The van der Waals surface area contributed by atoms with E-state index in [-0.39, 0.29) is 58.5 Å². The van der Waals surface area contributed by atoms with Crippen LogP contribution in [-0.2, 0) is 14.3 Å². The lowest BCUT2D eigenvalue weighted by Gasteiger charge is -2.35. The molecule has 2 saturated carbocycles. The largest absolute Gasteiger partial charge is 0.496 e. The average molecular weight is 535 g/mol. The molecular weight excluding hydrogens is 491 g/mol. The highest BCUT2D eigenvalue weighted by Gasteiger charge is 2.40. The summed E-state index contributed by atoms with van der Waals surface area (Å²) in [5, 5.41) is 6.08. The third-order valence-corrected chi connectivity index (χ3v) is 8.33. The van der Waals surface area contributed by atoms with Gasteiger partial charge < -0.3 is 24.8 Å². The second-order valence-electron chi connectivity index (χ2n) is 12.1.